The Bertz CT molecular complexity index is 527. The number of fused-ring (bicyclic) bond motifs is 3. The molecule has 0 N–H and O–H groups in total. The molecule has 3 aliphatic rings. The number of carbonyl (C=O) groups is 1. The molecule has 1 aromatic carbocycles. The van der Waals surface area contributed by atoms with Crippen molar-refractivity contribution >= 4 is 5.78 Å². The van der Waals surface area contributed by atoms with Crippen molar-refractivity contribution in [3.63, 3.8) is 0 Å². The van der Waals surface area contributed by atoms with Gasteiger partial charge in [-0.25, -0.2) is 0 Å². The Labute approximate surface area is 145 Å². The topological polar surface area (TPSA) is 35.5 Å². The summed E-state index contributed by atoms with van der Waals surface area (Å²) in [6, 6.07) is 10.5. The molecule has 2 saturated heterocycles. The summed E-state index contributed by atoms with van der Waals surface area (Å²) in [6.07, 6.45) is 5.98. The summed E-state index contributed by atoms with van der Waals surface area (Å²) in [4.78, 5) is 12.9. The van der Waals surface area contributed by atoms with E-state index in [2.05, 4.69) is 31.2 Å². The minimum atomic E-state index is -0.205. The molecular weight excluding hydrogens is 300 g/mol. The molecule has 5 unspecified atom stereocenters. The molecule has 2 heterocycles. The van der Waals surface area contributed by atoms with Crippen LogP contribution in [0.2, 0.25) is 0 Å². The van der Waals surface area contributed by atoms with Crippen molar-refractivity contribution in [3.8, 4) is 0 Å². The van der Waals surface area contributed by atoms with Crippen LogP contribution in [0.3, 0.4) is 0 Å². The third-order valence-corrected chi connectivity index (χ3v) is 5.58. The molecule has 2 bridgehead atoms. The lowest BCUT2D eigenvalue weighted by Gasteiger charge is -2.46. The van der Waals surface area contributed by atoms with E-state index in [4.69, 9.17) is 9.47 Å². The molecule has 0 aromatic heterocycles. The molecule has 0 spiro atoms. The number of rotatable bonds is 8. The van der Waals surface area contributed by atoms with Crippen molar-refractivity contribution in [1.29, 1.82) is 0 Å². The SMILES string of the molecule is CCCC(CC(=O)C1OC2CCC1CC2OCC)c1ccccc1. The first-order valence-electron chi connectivity index (χ1n) is 9.57. The van der Waals surface area contributed by atoms with Crippen LogP contribution in [0.1, 0.15) is 63.9 Å². The number of Topliss-reactive ketones (excluding diaryl/α,β-unsaturated/α-hetero) is 1. The highest BCUT2D eigenvalue weighted by atomic mass is 16.6. The number of ether oxygens (including phenoxy) is 2. The first kappa shape index (κ1) is 17.6. The summed E-state index contributed by atoms with van der Waals surface area (Å²) in [5.41, 5.74) is 1.28. The van der Waals surface area contributed by atoms with Crippen LogP contribution in [0, 0.1) is 5.92 Å². The molecule has 0 amide bonds. The van der Waals surface area contributed by atoms with E-state index in [0.717, 1.165) is 38.7 Å². The van der Waals surface area contributed by atoms with Crippen LogP contribution >= 0.6 is 0 Å². The van der Waals surface area contributed by atoms with Gasteiger partial charge in [0.2, 0.25) is 0 Å². The second-order valence-corrected chi connectivity index (χ2v) is 7.23. The summed E-state index contributed by atoms with van der Waals surface area (Å²) < 4.78 is 12.0. The highest BCUT2D eigenvalue weighted by Crippen LogP contribution is 2.40. The molecule has 5 atom stereocenters. The van der Waals surface area contributed by atoms with Crippen LogP contribution in [0.25, 0.3) is 0 Å². The lowest BCUT2D eigenvalue weighted by molar-refractivity contribution is -0.196. The van der Waals surface area contributed by atoms with Crippen molar-refractivity contribution in [1.82, 2.24) is 0 Å². The minimum Gasteiger partial charge on any atom is -0.376 e. The molecular formula is C21H30O3. The first-order valence-corrected chi connectivity index (χ1v) is 9.57. The van der Waals surface area contributed by atoms with Gasteiger partial charge in [-0.1, -0.05) is 43.7 Å². The quantitative estimate of drug-likeness (QED) is 0.704. The van der Waals surface area contributed by atoms with Gasteiger partial charge in [-0.3, -0.25) is 4.79 Å². The predicted molar refractivity (Wildman–Crippen MR) is 95.1 cm³/mol. The zero-order valence-corrected chi connectivity index (χ0v) is 14.9. The van der Waals surface area contributed by atoms with Gasteiger partial charge in [-0.05, 0) is 50.0 Å². The molecule has 3 nitrogen and oxygen atoms in total. The molecule has 132 valence electrons. The molecule has 4 rings (SSSR count). The van der Waals surface area contributed by atoms with E-state index in [-0.39, 0.29) is 18.3 Å². The van der Waals surface area contributed by atoms with Crippen LogP contribution in [0.4, 0.5) is 0 Å². The summed E-state index contributed by atoms with van der Waals surface area (Å²) in [5.74, 6) is 0.953. The number of hydrogen-bond acceptors (Lipinski definition) is 3. The van der Waals surface area contributed by atoms with Crippen molar-refractivity contribution in [2.24, 2.45) is 5.92 Å². The normalized spacial score (nSPS) is 30.2. The van der Waals surface area contributed by atoms with Gasteiger partial charge in [0, 0.05) is 13.0 Å². The van der Waals surface area contributed by atoms with Crippen molar-refractivity contribution < 1.29 is 14.3 Å². The van der Waals surface area contributed by atoms with Crippen LogP contribution in [-0.4, -0.2) is 30.7 Å². The number of carbonyl (C=O) groups excluding carboxylic acids is 1. The van der Waals surface area contributed by atoms with E-state index in [1.54, 1.807) is 0 Å². The monoisotopic (exact) mass is 330 g/mol. The summed E-state index contributed by atoms with van der Waals surface area (Å²) in [6.45, 7) is 4.94. The van der Waals surface area contributed by atoms with E-state index in [0.29, 0.717) is 24.0 Å². The minimum absolute atomic E-state index is 0.116. The Balaban J connectivity index is 1.64. The van der Waals surface area contributed by atoms with E-state index in [1.807, 2.05) is 13.0 Å². The van der Waals surface area contributed by atoms with Crippen molar-refractivity contribution in [2.45, 2.75) is 76.6 Å². The fourth-order valence-corrected chi connectivity index (χ4v) is 4.41. The molecule has 3 fully saturated rings. The second kappa shape index (κ2) is 8.26. The fourth-order valence-electron chi connectivity index (χ4n) is 4.41. The third-order valence-electron chi connectivity index (χ3n) is 5.58. The molecule has 1 aromatic rings. The zero-order valence-electron chi connectivity index (χ0n) is 14.9. The number of hydrogen-bond donors (Lipinski definition) is 0. The Morgan fingerprint density at radius 2 is 2.04 bits per heavy atom. The smallest absolute Gasteiger partial charge is 0.162 e. The largest absolute Gasteiger partial charge is 0.376 e. The number of benzene rings is 1. The van der Waals surface area contributed by atoms with Crippen LogP contribution in [-0.2, 0) is 14.3 Å². The lowest BCUT2D eigenvalue weighted by Crippen LogP contribution is -2.53. The summed E-state index contributed by atoms with van der Waals surface area (Å²) in [7, 11) is 0. The van der Waals surface area contributed by atoms with Gasteiger partial charge in [0.05, 0.1) is 12.2 Å². The van der Waals surface area contributed by atoms with Gasteiger partial charge in [0.25, 0.3) is 0 Å². The Kier molecular flexibility index (Phi) is 6.07. The van der Waals surface area contributed by atoms with Gasteiger partial charge in [0.15, 0.2) is 5.78 Å². The molecule has 2 aliphatic heterocycles. The van der Waals surface area contributed by atoms with Crippen LogP contribution in [0.5, 0.6) is 0 Å². The van der Waals surface area contributed by atoms with E-state index in [1.165, 1.54) is 5.56 Å². The standard InChI is InChI=1S/C21H30O3/c1-3-8-16(15-9-6-5-7-10-15)13-18(22)21-17-11-12-19(24-21)20(14-17)23-4-2/h5-7,9-10,16-17,19-21H,3-4,8,11-14H2,1-2H3. The Morgan fingerprint density at radius 1 is 1.25 bits per heavy atom. The maximum Gasteiger partial charge on any atom is 0.162 e. The maximum absolute atomic E-state index is 12.9. The van der Waals surface area contributed by atoms with E-state index in [9.17, 15) is 4.79 Å². The molecule has 1 saturated carbocycles. The highest BCUT2D eigenvalue weighted by molar-refractivity contribution is 5.84. The Morgan fingerprint density at radius 3 is 2.67 bits per heavy atom. The average molecular weight is 330 g/mol. The lowest BCUT2D eigenvalue weighted by atomic mass is 9.75. The molecule has 1 aliphatic carbocycles. The van der Waals surface area contributed by atoms with Gasteiger partial charge < -0.3 is 9.47 Å². The average Bonchev–Trinajstić information content (AvgIpc) is 2.63. The van der Waals surface area contributed by atoms with Crippen LogP contribution in [0.15, 0.2) is 30.3 Å². The van der Waals surface area contributed by atoms with E-state index < -0.39 is 0 Å². The maximum atomic E-state index is 12.9. The third kappa shape index (κ3) is 3.89. The fraction of sp³-hybridized carbons (Fsp3) is 0.667. The molecule has 3 heteroatoms. The Hall–Kier alpha value is -1.19. The van der Waals surface area contributed by atoms with Gasteiger partial charge in [0.1, 0.15) is 6.10 Å². The summed E-state index contributed by atoms with van der Waals surface area (Å²) in [5, 5.41) is 0. The van der Waals surface area contributed by atoms with Gasteiger partial charge in [-0.15, -0.1) is 0 Å². The van der Waals surface area contributed by atoms with Gasteiger partial charge in [-0.2, -0.15) is 0 Å². The second-order valence-electron chi connectivity index (χ2n) is 7.23. The first-order chi connectivity index (χ1) is 11.7. The zero-order chi connectivity index (χ0) is 16.9. The molecule has 0 radical (unpaired) electrons. The van der Waals surface area contributed by atoms with Crippen LogP contribution < -0.4 is 0 Å². The van der Waals surface area contributed by atoms with E-state index >= 15 is 0 Å². The highest BCUT2D eigenvalue weighted by Gasteiger charge is 2.46. The van der Waals surface area contributed by atoms with Gasteiger partial charge >= 0.3 is 0 Å². The molecule has 24 heavy (non-hydrogen) atoms. The van der Waals surface area contributed by atoms with Crippen molar-refractivity contribution in [2.75, 3.05) is 6.61 Å². The predicted octanol–water partition coefficient (Wildman–Crippen LogP) is 4.50. The van der Waals surface area contributed by atoms with Crippen molar-refractivity contribution in [3.05, 3.63) is 35.9 Å². The summed E-state index contributed by atoms with van der Waals surface area (Å²) >= 11 is 0. The number of ketones is 1.